The summed E-state index contributed by atoms with van der Waals surface area (Å²) >= 11 is 0. The van der Waals surface area contributed by atoms with Crippen molar-refractivity contribution in [2.75, 3.05) is 6.61 Å². The Kier molecular flexibility index (Phi) is 10.9. The Morgan fingerprint density at radius 3 is 2.00 bits per heavy atom. The third-order valence-corrected chi connectivity index (χ3v) is 6.43. The number of hydrogen-bond acceptors (Lipinski definition) is 8. The third-order valence-electron chi connectivity index (χ3n) is 6.43. The molecule has 36 heavy (non-hydrogen) atoms. The molecule has 0 aromatic heterocycles. The summed E-state index contributed by atoms with van der Waals surface area (Å²) in [6, 6.07) is 3.20. The van der Waals surface area contributed by atoms with Gasteiger partial charge in [-0.05, 0) is 36.5 Å². The van der Waals surface area contributed by atoms with E-state index in [1.807, 2.05) is 0 Å². The number of ether oxygens (including phenoxy) is 3. The van der Waals surface area contributed by atoms with E-state index >= 15 is 0 Å². The van der Waals surface area contributed by atoms with Crippen molar-refractivity contribution in [2.24, 2.45) is 29.4 Å². The Balaban J connectivity index is 2.34. The number of benzene rings is 1. The van der Waals surface area contributed by atoms with Crippen molar-refractivity contribution < 1.29 is 38.5 Å². The Hall–Kier alpha value is -2.94. The van der Waals surface area contributed by atoms with Crippen LogP contribution in [0.15, 0.2) is 18.2 Å². The number of carboxylic acid groups (broad SMARTS) is 1. The molecule has 1 saturated carbocycles. The van der Waals surface area contributed by atoms with Crippen LogP contribution >= 0.6 is 0 Å². The van der Waals surface area contributed by atoms with E-state index in [1.54, 1.807) is 40.7 Å². The molecular weight excluding hydrogens is 466 g/mol. The molecule has 2 rings (SSSR count). The lowest BCUT2D eigenvalue weighted by molar-refractivity contribution is -0.151. The number of esters is 3. The van der Waals surface area contributed by atoms with Gasteiger partial charge in [-0.25, -0.2) is 0 Å². The highest BCUT2D eigenvalue weighted by molar-refractivity contribution is 5.78. The van der Waals surface area contributed by atoms with Crippen LogP contribution in [0.3, 0.4) is 0 Å². The number of rotatable bonds is 11. The van der Waals surface area contributed by atoms with Gasteiger partial charge < -0.3 is 25.1 Å². The van der Waals surface area contributed by atoms with Crippen LogP contribution in [0.5, 0.6) is 11.5 Å². The van der Waals surface area contributed by atoms with Gasteiger partial charge in [0.25, 0.3) is 0 Å². The van der Waals surface area contributed by atoms with Crippen LogP contribution < -0.4 is 15.2 Å². The lowest BCUT2D eigenvalue weighted by atomic mass is 9.82. The molecule has 0 amide bonds. The lowest BCUT2D eigenvalue weighted by Gasteiger charge is -2.29. The molecule has 3 N–H and O–H groups in total. The highest BCUT2D eigenvalue weighted by Gasteiger charge is 2.33. The summed E-state index contributed by atoms with van der Waals surface area (Å²) in [6.07, 6.45) is 4.70. The first-order valence-electron chi connectivity index (χ1n) is 12.6. The highest BCUT2D eigenvalue weighted by Crippen LogP contribution is 2.36. The van der Waals surface area contributed by atoms with E-state index in [0.29, 0.717) is 5.56 Å². The first-order chi connectivity index (χ1) is 16.9. The lowest BCUT2D eigenvalue weighted by Crippen LogP contribution is -2.41. The molecule has 3 atom stereocenters. The standard InChI is InChI=1S/C27H39NO8/c1-15(2)25(31)35-20-12-11-19(13-21(20)36-26(32)16(3)4)22(23(28)24(29)30)17(5)14-34-27(33)18-9-7-6-8-10-18/h11-13,15-18,22-23H,6-10,14,28H2,1-5H3,(H,29,30)/t17?,22?,23-/m0/s1. The van der Waals surface area contributed by atoms with Gasteiger partial charge in [0.1, 0.15) is 6.04 Å². The van der Waals surface area contributed by atoms with E-state index in [9.17, 15) is 24.3 Å². The van der Waals surface area contributed by atoms with Crippen molar-refractivity contribution in [2.45, 2.75) is 78.7 Å². The van der Waals surface area contributed by atoms with Gasteiger partial charge >= 0.3 is 23.9 Å². The molecule has 0 aliphatic heterocycles. The monoisotopic (exact) mass is 505 g/mol. The summed E-state index contributed by atoms with van der Waals surface area (Å²) in [5, 5.41) is 9.68. The number of carboxylic acids is 1. The molecule has 0 radical (unpaired) electrons. The summed E-state index contributed by atoms with van der Waals surface area (Å²) in [4.78, 5) is 48.9. The van der Waals surface area contributed by atoms with Gasteiger partial charge in [0.05, 0.1) is 24.4 Å². The molecule has 200 valence electrons. The Morgan fingerprint density at radius 1 is 0.917 bits per heavy atom. The Bertz CT molecular complexity index is 936. The largest absolute Gasteiger partial charge is 0.480 e. The fourth-order valence-electron chi connectivity index (χ4n) is 4.17. The fraction of sp³-hybridized carbons (Fsp3) is 0.630. The van der Waals surface area contributed by atoms with E-state index in [2.05, 4.69) is 0 Å². The smallest absolute Gasteiger partial charge is 0.321 e. The first-order valence-corrected chi connectivity index (χ1v) is 12.6. The number of carbonyl (C=O) groups excluding carboxylic acids is 3. The predicted octanol–water partition coefficient (Wildman–Crippen LogP) is 4.06. The molecule has 0 heterocycles. The maximum atomic E-state index is 12.5. The van der Waals surface area contributed by atoms with Crippen LogP contribution in [0.25, 0.3) is 0 Å². The van der Waals surface area contributed by atoms with Gasteiger partial charge in [-0.15, -0.1) is 0 Å². The number of nitrogens with two attached hydrogens (primary N) is 1. The average Bonchev–Trinajstić information content (AvgIpc) is 2.84. The first kappa shape index (κ1) is 29.3. The zero-order valence-corrected chi connectivity index (χ0v) is 21.8. The molecule has 1 fully saturated rings. The van der Waals surface area contributed by atoms with E-state index in [-0.39, 0.29) is 30.0 Å². The summed E-state index contributed by atoms with van der Waals surface area (Å²) in [5.41, 5.74) is 6.53. The van der Waals surface area contributed by atoms with Gasteiger partial charge in [-0.3, -0.25) is 19.2 Å². The molecule has 1 aliphatic rings. The zero-order valence-electron chi connectivity index (χ0n) is 21.8. The van der Waals surface area contributed by atoms with E-state index < -0.39 is 47.6 Å². The van der Waals surface area contributed by atoms with Gasteiger partial charge in [0.2, 0.25) is 0 Å². The predicted molar refractivity (Wildman–Crippen MR) is 132 cm³/mol. The number of carbonyl (C=O) groups is 4. The van der Waals surface area contributed by atoms with Crippen LogP contribution in [0.1, 0.15) is 78.2 Å². The topological polar surface area (TPSA) is 142 Å². The minimum Gasteiger partial charge on any atom is -0.480 e. The second-order valence-electron chi connectivity index (χ2n) is 10.2. The highest BCUT2D eigenvalue weighted by atomic mass is 16.6. The molecule has 0 saturated heterocycles. The molecule has 1 aromatic rings. The minimum atomic E-state index is -1.31. The van der Waals surface area contributed by atoms with E-state index in [0.717, 1.165) is 32.1 Å². The van der Waals surface area contributed by atoms with Crippen molar-refractivity contribution in [3.63, 3.8) is 0 Å². The molecule has 0 bridgehead atoms. The minimum absolute atomic E-state index is 0.00538. The molecule has 1 aliphatic carbocycles. The zero-order chi connectivity index (χ0) is 27.0. The van der Waals surface area contributed by atoms with Crippen molar-refractivity contribution in [3.05, 3.63) is 23.8 Å². The van der Waals surface area contributed by atoms with Gasteiger partial charge in [0.15, 0.2) is 11.5 Å². The molecule has 9 heteroatoms. The number of aliphatic carboxylic acids is 1. The quantitative estimate of drug-likeness (QED) is 0.336. The van der Waals surface area contributed by atoms with Crippen LogP contribution in [0.4, 0.5) is 0 Å². The van der Waals surface area contributed by atoms with Crippen molar-refractivity contribution in [3.8, 4) is 11.5 Å². The van der Waals surface area contributed by atoms with Gasteiger partial charge in [0, 0.05) is 5.92 Å². The van der Waals surface area contributed by atoms with Crippen molar-refractivity contribution >= 4 is 23.9 Å². The van der Waals surface area contributed by atoms with Crippen LogP contribution in [0, 0.1) is 23.7 Å². The summed E-state index contributed by atoms with van der Waals surface area (Å²) in [7, 11) is 0. The van der Waals surface area contributed by atoms with Gasteiger partial charge in [-0.1, -0.05) is 59.9 Å². The maximum absolute atomic E-state index is 12.5. The normalized spacial score (nSPS) is 16.8. The Labute approximate surface area is 212 Å². The average molecular weight is 506 g/mol. The molecule has 1 aromatic carbocycles. The molecular formula is C27H39NO8. The second-order valence-corrected chi connectivity index (χ2v) is 10.2. The third kappa shape index (κ3) is 8.05. The SMILES string of the molecule is CC(C)C(=O)Oc1ccc(C(C(C)COC(=O)C2CCCCC2)[C@H](N)C(=O)O)cc1OC(=O)C(C)C. The summed E-state index contributed by atoms with van der Waals surface area (Å²) in [6.45, 7) is 8.43. The fourth-order valence-corrected chi connectivity index (χ4v) is 4.17. The molecule has 0 spiro atoms. The second kappa shape index (κ2) is 13.4. The summed E-state index contributed by atoms with van der Waals surface area (Å²) in [5.74, 6) is -4.71. The maximum Gasteiger partial charge on any atom is 0.321 e. The van der Waals surface area contributed by atoms with Crippen LogP contribution in [-0.2, 0) is 23.9 Å². The van der Waals surface area contributed by atoms with Crippen LogP contribution in [0.2, 0.25) is 0 Å². The summed E-state index contributed by atoms with van der Waals surface area (Å²) < 4.78 is 16.5. The molecule has 9 nitrogen and oxygen atoms in total. The van der Waals surface area contributed by atoms with Crippen molar-refractivity contribution in [1.82, 2.24) is 0 Å². The van der Waals surface area contributed by atoms with Gasteiger partial charge in [-0.2, -0.15) is 0 Å². The Morgan fingerprint density at radius 2 is 1.47 bits per heavy atom. The van der Waals surface area contributed by atoms with Crippen molar-refractivity contribution in [1.29, 1.82) is 0 Å². The number of hydrogen-bond donors (Lipinski definition) is 2. The van der Waals surface area contributed by atoms with Crippen LogP contribution in [-0.4, -0.2) is 41.6 Å². The van der Waals surface area contributed by atoms with E-state index in [4.69, 9.17) is 19.9 Å². The molecule has 2 unspecified atom stereocenters. The van der Waals surface area contributed by atoms with E-state index in [1.165, 1.54) is 12.1 Å².